The molecule has 7 heteroatoms. The summed E-state index contributed by atoms with van der Waals surface area (Å²) in [6.07, 6.45) is -4.90. The maximum atomic E-state index is 12.3. The van der Waals surface area contributed by atoms with E-state index in [1.54, 1.807) is 25.1 Å². The van der Waals surface area contributed by atoms with E-state index in [4.69, 9.17) is 11.6 Å². The first-order valence-electron chi connectivity index (χ1n) is 6.15. The Bertz CT molecular complexity index is 442. The van der Waals surface area contributed by atoms with Crippen LogP contribution in [0.15, 0.2) is 22.7 Å². The van der Waals surface area contributed by atoms with Crippen LogP contribution in [0.25, 0.3) is 0 Å². The third kappa shape index (κ3) is 5.99. The summed E-state index contributed by atoms with van der Waals surface area (Å²) in [5.41, 5.74) is 0.526. The molecule has 0 heterocycles. The molecular weight excluding hydrogens is 358 g/mol. The van der Waals surface area contributed by atoms with Crippen LogP contribution in [0.4, 0.5) is 13.2 Å². The van der Waals surface area contributed by atoms with Crippen molar-refractivity contribution in [2.45, 2.75) is 25.6 Å². The van der Waals surface area contributed by atoms with E-state index in [0.29, 0.717) is 10.6 Å². The zero-order valence-electron chi connectivity index (χ0n) is 10.9. The van der Waals surface area contributed by atoms with Crippen molar-refractivity contribution < 1.29 is 18.3 Å². The van der Waals surface area contributed by atoms with Crippen molar-refractivity contribution in [2.24, 2.45) is 0 Å². The lowest BCUT2D eigenvalue weighted by atomic mass is 10.1. The highest BCUT2D eigenvalue weighted by Gasteiger charge is 2.30. The largest absolute Gasteiger partial charge is 0.401 e. The van der Waals surface area contributed by atoms with E-state index in [9.17, 15) is 18.3 Å². The number of aliphatic hydroxyl groups excluding tert-OH is 1. The van der Waals surface area contributed by atoms with Gasteiger partial charge >= 0.3 is 6.18 Å². The summed E-state index contributed by atoms with van der Waals surface area (Å²) in [7, 11) is 0. The molecule has 20 heavy (non-hydrogen) atoms. The van der Waals surface area contributed by atoms with Crippen LogP contribution in [0.2, 0.25) is 5.02 Å². The molecule has 1 unspecified atom stereocenters. The van der Waals surface area contributed by atoms with Crippen molar-refractivity contribution >= 4 is 27.5 Å². The van der Waals surface area contributed by atoms with Gasteiger partial charge in [0.15, 0.2) is 0 Å². The smallest absolute Gasteiger partial charge is 0.388 e. The Balaban J connectivity index is 2.59. The molecule has 0 amide bonds. The highest BCUT2D eigenvalue weighted by atomic mass is 79.9. The lowest BCUT2D eigenvalue weighted by Crippen LogP contribution is -2.35. The number of nitrogens with zero attached hydrogens (tertiary/aromatic N) is 1. The summed E-state index contributed by atoms with van der Waals surface area (Å²) in [5, 5.41) is 10.4. The third-order valence-electron chi connectivity index (χ3n) is 2.89. The van der Waals surface area contributed by atoms with Gasteiger partial charge in [-0.25, -0.2) is 0 Å². The quantitative estimate of drug-likeness (QED) is 0.797. The molecule has 0 spiro atoms. The molecule has 0 aliphatic heterocycles. The maximum Gasteiger partial charge on any atom is 0.401 e. The van der Waals surface area contributed by atoms with Gasteiger partial charge in [0.2, 0.25) is 0 Å². The summed E-state index contributed by atoms with van der Waals surface area (Å²) >= 11 is 9.25. The molecule has 0 bridgehead atoms. The van der Waals surface area contributed by atoms with E-state index in [-0.39, 0.29) is 19.5 Å². The molecule has 0 saturated heterocycles. The summed E-state index contributed by atoms with van der Waals surface area (Å²) in [5.74, 6) is 0. The summed E-state index contributed by atoms with van der Waals surface area (Å²) in [6, 6.07) is 5.04. The Morgan fingerprint density at radius 1 is 1.40 bits per heavy atom. The molecule has 0 aliphatic rings. The number of alkyl halides is 3. The summed E-state index contributed by atoms with van der Waals surface area (Å²) < 4.78 is 37.7. The lowest BCUT2D eigenvalue weighted by Gasteiger charge is -2.23. The minimum absolute atomic E-state index is 0.156. The van der Waals surface area contributed by atoms with Crippen LogP contribution >= 0.6 is 27.5 Å². The fraction of sp³-hybridized carbons (Fsp3) is 0.538. The van der Waals surface area contributed by atoms with Gasteiger partial charge in [0.05, 0.1) is 12.6 Å². The zero-order valence-corrected chi connectivity index (χ0v) is 13.3. The highest BCUT2D eigenvalue weighted by molar-refractivity contribution is 9.10. The van der Waals surface area contributed by atoms with Crippen LogP contribution in [-0.4, -0.2) is 35.8 Å². The first-order chi connectivity index (χ1) is 9.23. The molecule has 0 saturated carbocycles. The van der Waals surface area contributed by atoms with Gasteiger partial charge in [0.25, 0.3) is 0 Å². The van der Waals surface area contributed by atoms with Crippen LogP contribution in [0, 0.1) is 0 Å². The lowest BCUT2D eigenvalue weighted by molar-refractivity contribution is -0.146. The third-order valence-corrected chi connectivity index (χ3v) is 3.71. The SMILES string of the molecule is CCN(CCC(O)c1ccc(Br)cc1Cl)CC(F)(F)F. The van der Waals surface area contributed by atoms with Gasteiger partial charge in [-0.3, -0.25) is 4.90 Å². The molecule has 1 atom stereocenters. The van der Waals surface area contributed by atoms with Crippen molar-refractivity contribution in [3.8, 4) is 0 Å². The summed E-state index contributed by atoms with van der Waals surface area (Å²) in [4.78, 5) is 1.25. The van der Waals surface area contributed by atoms with Gasteiger partial charge in [-0.15, -0.1) is 0 Å². The van der Waals surface area contributed by atoms with Crippen LogP contribution in [-0.2, 0) is 0 Å². The van der Waals surface area contributed by atoms with Gasteiger partial charge in [-0.1, -0.05) is 40.5 Å². The van der Waals surface area contributed by atoms with Crippen molar-refractivity contribution in [3.05, 3.63) is 33.3 Å². The van der Waals surface area contributed by atoms with Gasteiger partial charge in [0, 0.05) is 16.0 Å². The first-order valence-corrected chi connectivity index (χ1v) is 7.32. The van der Waals surface area contributed by atoms with Crippen molar-refractivity contribution in [1.29, 1.82) is 0 Å². The fourth-order valence-corrected chi connectivity index (χ4v) is 2.63. The minimum atomic E-state index is -4.23. The number of hydrogen-bond acceptors (Lipinski definition) is 2. The molecular formula is C13H16BrClF3NO. The number of hydrogen-bond donors (Lipinski definition) is 1. The second-order valence-electron chi connectivity index (χ2n) is 4.45. The molecule has 0 radical (unpaired) electrons. The van der Waals surface area contributed by atoms with Gasteiger partial charge < -0.3 is 5.11 Å². The Morgan fingerprint density at radius 3 is 2.55 bits per heavy atom. The molecule has 1 aromatic carbocycles. The van der Waals surface area contributed by atoms with Crippen molar-refractivity contribution in [1.82, 2.24) is 4.90 Å². The number of aliphatic hydroxyl groups is 1. The monoisotopic (exact) mass is 373 g/mol. The predicted molar refractivity (Wildman–Crippen MR) is 76.9 cm³/mol. The first kappa shape index (κ1) is 17.8. The van der Waals surface area contributed by atoms with E-state index in [0.717, 1.165) is 4.47 Å². The average molecular weight is 375 g/mol. The van der Waals surface area contributed by atoms with Crippen molar-refractivity contribution in [3.63, 3.8) is 0 Å². The Hall–Kier alpha value is -0.300. The normalized spacial score (nSPS) is 13.8. The van der Waals surface area contributed by atoms with Gasteiger partial charge in [-0.2, -0.15) is 13.2 Å². The van der Waals surface area contributed by atoms with Gasteiger partial charge in [0.1, 0.15) is 0 Å². The molecule has 0 aromatic heterocycles. The van der Waals surface area contributed by atoms with Crippen LogP contribution < -0.4 is 0 Å². The fourth-order valence-electron chi connectivity index (χ4n) is 1.83. The van der Waals surface area contributed by atoms with E-state index in [1.165, 1.54) is 4.90 Å². The van der Waals surface area contributed by atoms with Crippen LogP contribution in [0.3, 0.4) is 0 Å². The van der Waals surface area contributed by atoms with Gasteiger partial charge in [-0.05, 0) is 30.7 Å². The van der Waals surface area contributed by atoms with E-state index >= 15 is 0 Å². The second kappa shape index (κ2) is 7.64. The van der Waals surface area contributed by atoms with Crippen LogP contribution in [0.1, 0.15) is 25.0 Å². The standard InChI is InChI=1S/C13H16BrClF3NO/c1-2-19(8-13(16,17)18)6-5-12(20)10-4-3-9(14)7-11(10)15/h3-4,7,12,20H,2,5-6,8H2,1H3. The average Bonchev–Trinajstić information content (AvgIpc) is 2.32. The maximum absolute atomic E-state index is 12.3. The minimum Gasteiger partial charge on any atom is -0.388 e. The van der Waals surface area contributed by atoms with E-state index in [1.807, 2.05) is 0 Å². The molecule has 1 rings (SSSR count). The Labute approximate surface area is 129 Å². The number of benzene rings is 1. The predicted octanol–water partition coefficient (Wildman–Crippen LogP) is 4.41. The van der Waals surface area contributed by atoms with Crippen molar-refractivity contribution in [2.75, 3.05) is 19.6 Å². The van der Waals surface area contributed by atoms with E-state index in [2.05, 4.69) is 15.9 Å². The zero-order chi connectivity index (χ0) is 15.3. The molecule has 0 aliphatic carbocycles. The van der Waals surface area contributed by atoms with Crippen LogP contribution in [0.5, 0.6) is 0 Å². The Kier molecular flexibility index (Phi) is 6.78. The molecule has 1 N–H and O–H groups in total. The molecule has 114 valence electrons. The topological polar surface area (TPSA) is 23.5 Å². The number of rotatable bonds is 6. The summed E-state index contributed by atoms with van der Waals surface area (Å²) in [6.45, 7) is 1.12. The molecule has 0 fully saturated rings. The molecule has 1 aromatic rings. The van der Waals surface area contributed by atoms with E-state index < -0.39 is 18.8 Å². The highest BCUT2D eigenvalue weighted by Crippen LogP contribution is 2.28. The molecule has 2 nitrogen and oxygen atoms in total. The Morgan fingerprint density at radius 2 is 2.05 bits per heavy atom. The second-order valence-corrected chi connectivity index (χ2v) is 5.78. The number of halogens is 5.